The number of likely N-dealkylation sites (N-methyl/N-ethyl adjacent to an activating group) is 1. The summed E-state index contributed by atoms with van der Waals surface area (Å²) >= 11 is 1.90. The lowest BCUT2D eigenvalue weighted by atomic mass is 9.82. The Morgan fingerprint density at radius 1 is 1.29 bits per heavy atom. The highest BCUT2D eigenvalue weighted by molar-refractivity contribution is 7.99. The van der Waals surface area contributed by atoms with Crippen molar-refractivity contribution < 1.29 is 17.7 Å². The summed E-state index contributed by atoms with van der Waals surface area (Å²) in [4.78, 5) is 3.90. The van der Waals surface area contributed by atoms with E-state index < -0.39 is 10.1 Å². The summed E-state index contributed by atoms with van der Waals surface area (Å²) in [5.41, 5.74) is 5.67. The number of methoxy groups -OCH3 is 1. The Kier molecular flexibility index (Phi) is 8.27. The van der Waals surface area contributed by atoms with Crippen molar-refractivity contribution in [1.82, 2.24) is 4.90 Å². The van der Waals surface area contributed by atoms with Crippen LogP contribution < -0.4 is 10.1 Å². The van der Waals surface area contributed by atoms with Crippen LogP contribution in [0.25, 0.3) is 0 Å². The number of nitrogens with zero attached hydrogens (tertiary/aromatic N) is 1. The van der Waals surface area contributed by atoms with Gasteiger partial charge in [0.15, 0.2) is 0 Å². The highest BCUT2D eigenvalue weighted by Crippen LogP contribution is 2.37. The summed E-state index contributed by atoms with van der Waals surface area (Å²) in [6.07, 6.45) is 5.53. The molecule has 1 aliphatic heterocycles. The van der Waals surface area contributed by atoms with Crippen LogP contribution >= 0.6 is 11.8 Å². The maximum Gasteiger partial charge on any atom is 0.261 e. The number of ether oxygens (including phenoxy) is 1. The lowest BCUT2D eigenvalue weighted by Gasteiger charge is -2.30. The first kappa shape index (κ1) is 23.9. The smallest absolute Gasteiger partial charge is 0.261 e. The van der Waals surface area contributed by atoms with Gasteiger partial charge >= 0.3 is 0 Å². The Balaban J connectivity index is 0.000000491. The van der Waals surface area contributed by atoms with Crippen molar-refractivity contribution in [1.29, 1.82) is 0 Å². The number of rotatable bonds is 6. The van der Waals surface area contributed by atoms with Crippen molar-refractivity contribution in [2.24, 2.45) is 0 Å². The zero-order valence-electron chi connectivity index (χ0n) is 18.4. The fourth-order valence-electron chi connectivity index (χ4n) is 4.26. The molecule has 31 heavy (non-hydrogen) atoms. The molecule has 6 nitrogen and oxygen atoms in total. The maximum atomic E-state index is 9.19. The highest BCUT2D eigenvalue weighted by atomic mass is 32.2. The fraction of sp³-hybridized carbons (Fsp3) is 0.478. The predicted molar refractivity (Wildman–Crippen MR) is 128 cm³/mol. The van der Waals surface area contributed by atoms with E-state index in [0.29, 0.717) is 12.2 Å². The second kappa shape index (κ2) is 10.7. The molecular weight excluding hydrogens is 432 g/mol. The second-order valence-electron chi connectivity index (χ2n) is 8.16. The van der Waals surface area contributed by atoms with Crippen LogP contribution in [0.15, 0.2) is 41.3 Å². The number of fused-ring (bicyclic) bond motifs is 2. The molecule has 4 rings (SSSR count). The first-order valence-electron chi connectivity index (χ1n) is 10.5. The quantitative estimate of drug-likeness (QED) is 0.618. The second-order valence-corrected chi connectivity index (χ2v) is 10.6. The molecule has 170 valence electrons. The topological polar surface area (TPSA) is 78.9 Å². The summed E-state index contributed by atoms with van der Waals surface area (Å²) in [6.45, 7) is 2.23. The predicted octanol–water partition coefficient (Wildman–Crippen LogP) is 4.27. The molecule has 0 saturated carbocycles. The molecule has 1 atom stereocenters. The first-order valence-corrected chi connectivity index (χ1v) is 13.3. The van der Waals surface area contributed by atoms with E-state index in [2.05, 4.69) is 53.7 Å². The monoisotopic (exact) mass is 464 g/mol. The minimum absolute atomic E-state index is 0.624. The summed E-state index contributed by atoms with van der Waals surface area (Å²) in [7, 11) is 0.383. The summed E-state index contributed by atoms with van der Waals surface area (Å²) in [5, 5.41) is 3.41. The molecule has 0 bridgehead atoms. The van der Waals surface area contributed by atoms with Crippen molar-refractivity contribution in [3.8, 4) is 5.75 Å². The third kappa shape index (κ3) is 7.14. The van der Waals surface area contributed by atoms with Crippen LogP contribution in [-0.2, 0) is 23.0 Å². The Morgan fingerprint density at radius 2 is 2.06 bits per heavy atom. The van der Waals surface area contributed by atoms with E-state index in [1.807, 2.05) is 11.8 Å². The minimum atomic E-state index is -3.67. The number of thioether (sulfide) groups is 1. The summed E-state index contributed by atoms with van der Waals surface area (Å²) in [6, 6.07) is 13.4. The fourth-order valence-corrected chi connectivity index (χ4v) is 5.17. The lowest BCUT2D eigenvalue weighted by Crippen LogP contribution is -2.28. The summed E-state index contributed by atoms with van der Waals surface area (Å²) in [5.74, 6) is 2.70. The minimum Gasteiger partial charge on any atom is -0.496 e. The van der Waals surface area contributed by atoms with E-state index in [9.17, 15) is 8.42 Å². The zero-order chi connectivity index (χ0) is 22.4. The number of anilines is 1. The number of nitrogens with one attached hydrogen (secondary N) is 1. The van der Waals surface area contributed by atoms with Gasteiger partial charge in [-0.25, -0.2) is 0 Å². The maximum absolute atomic E-state index is 9.19. The lowest BCUT2D eigenvalue weighted by molar-refractivity contribution is 0.299. The van der Waals surface area contributed by atoms with Gasteiger partial charge in [0.2, 0.25) is 0 Å². The van der Waals surface area contributed by atoms with E-state index in [-0.39, 0.29) is 0 Å². The third-order valence-corrected chi connectivity index (χ3v) is 6.60. The van der Waals surface area contributed by atoms with Gasteiger partial charge in [0.05, 0.1) is 19.2 Å². The van der Waals surface area contributed by atoms with Gasteiger partial charge in [-0.05, 0) is 73.5 Å². The number of hydrogen-bond acceptors (Lipinski definition) is 6. The Labute approximate surface area is 190 Å². The van der Waals surface area contributed by atoms with Gasteiger partial charge in [-0.15, -0.1) is 11.8 Å². The van der Waals surface area contributed by atoms with Gasteiger partial charge in [-0.3, -0.25) is 4.55 Å². The van der Waals surface area contributed by atoms with Crippen LogP contribution in [-0.4, -0.2) is 57.2 Å². The average molecular weight is 465 g/mol. The van der Waals surface area contributed by atoms with Crippen LogP contribution in [0.3, 0.4) is 0 Å². The normalized spacial score (nSPS) is 17.3. The molecule has 0 aromatic heterocycles. The van der Waals surface area contributed by atoms with Gasteiger partial charge in [0, 0.05) is 23.7 Å². The zero-order valence-corrected chi connectivity index (χ0v) is 20.1. The van der Waals surface area contributed by atoms with Gasteiger partial charge in [-0.2, -0.15) is 8.42 Å². The molecule has 2 aliphatic rings. The largest absolute Gasteiger partial charge is 0.496 e. The molecule has 0 spiro atoms. The van der Waals surface area contributed by atoms with E-state index in [1.165, 1.54) is 40.1 Å². The standard InChI is InChI=1S/C22H28N2OS.CH4O3S/c1-24(12-11-16-9-10-20-22(13-16)26-15-23-20)14-17-5-3-7-19-18(17)6-4-8-21(19)25-2;1-5(2,3)4/h4,6,8-10,13,17,23H,3,5,7,11-12,14-15H2,1-2H3;1H3,(H,2,3,4). The van der Waals surface area contributed by atoms with E-state index in [0.717, 1.165) is 37.6 Å². The molecule has 0 amide bonds. The van der Waals surface area contributed by atoms with Gasteiger partial charge < -0.3 is 15.0 Å². The molecule has 1 unspecified atom stereocenters. The van der Waals surface area contributed by atoms with Crippen molar-refractivity contribution in [2.75, 3.05) is 44.7 Å². The van der Waals surface area contributed by atoms with Gasteiger partial charge in [0.25, 0.3) is 10.1 Å². The summed E-state index contributed by atoms with van der Waals surface area (Å²) < 4.78 is 31.5. The molecule has 0 radical (unpaired) electrons. The molecule has 0 fully saturated rings. The average Bonchev–Trinajstić information content (AvgIpc) is 3.19. The van der Waals surface area contributed by atoms with Crippen LogP contribution in [0.4, 0.5) is 5.69 Å². The van der Waals surface area contributed by atoms with Crippen LogP contribution in [0, 0.1) is 0 Å². The van der Waals surface area contributed by atoms with Crippen LogP contribution in [0.2, 0.25) is 0 Å². The Morgan fingerprint density at radius 3 is 2.81 bits per heavy atom. The Hall–Kier alpha value is -1.74. The van der Waals surface area contributed by atoms with Gasteiger partial charge in [-0.1, -0.05) is 18.2 Å². The Bertz CT molecular complexity index is 987. The third-order valence-electron chi connectivity index (χ3n) is 5.66. The molecule has 2 N–H and O–H groups in total. The first-order chi connectivity index (χ1) is 14.7. The molecular formula is C23H32N2O4S2. The van der Waals surface area contributed by atoms with Gasteiger partial charge in [0.1, 0.15) is 5.75 Å². The van der Waals surface area contributed by atoms with Crippen LogP contribution in [0.1, 0.15) is 35.4 Å². The van der Waals surface area contributed by atoms with Crippen molar-refractivity contribution in [3.63, 3.8) is 0 Å². The highest BCUT2D eigenvalue weighted by Gasteiger charge is 2.23. The van der Waals surface area contributed by atoms with E-state index in [4.69, 9.17) is 9.29 Å². The molecule has 1 aliphatic carbocycles. The number of hydrogen-bond donors (Lipinski definition) is 2. The van der Waals surface area contributed by atoms with E-state index >= 15 is 0 Å². The number of benzene rings is 2. The van der Waals surface area contributed by atoms with Crippen molar-refractivity contribution >= 4 is 27.6 Å². The van der Waals surface area contributed by atoms with E-state index in [1.54, 1.807) is 7.11 Å². The molecule has 2 aromatic rings. The molecule has 0 saturated heterocycles. The molecule has 8 heteroatoms. The van der Waals surface area contributed by atoms with Crippen molar-refractivity contribution in [2.45, 2.75) is 36.5 Å². The SMILES string of the molecule is COc1cccc2c1CCCC2CN(C)CCc1ccc2c(c1)SCN2.CS(=O)(=O)O. The van der Waals surface area contributed by atoms with Crippen LogP contribution in [0.5, 0.6) is 5.75 Å². The molecule has 1 heterocycles. The molecule has 2 aromatic carbocycles. The van der Waals surface area contributed by atoms with Crippen molar-refractivity contribution in [3.05, 3.63) is 53.1 Å².